The number of nitrogens with one attached hydrogen (secondary N) is 1. The number of carbonyl (C=O) groups excluding carboxylic acids is 1. The molecule has 3 aromatic rings. The molecule has 0 spiro atoms. The number of nitrogens with zero attached hydrogens (tertiary/aromatic N) is 3. The summed E-state index contributed by atoms with van der Waals surface area (Å²) in [4.78, 5) is 17.3. The van der Waals surface area contributed by atoms with Gasteiger partial charge in [-0.2, -0.15) is 4.73 Å². The number of hydrogen-bond acceptors (Lipinski definition) is 5. The Morgan fingerprint density at radius 2 is 2.06 bits per heavy atom. The normalized spacial score (nSPS) is 16.1. The molecule has 2 aromatic heterocycles. The van der Waals surface area contributed by atoms with Crippen LogP contribution in [0, 0.1) is 10.6 Å². The van der Waals surface area contributed by atoms with Crippen LogP contribution in [-0.4, -0.2) is 41.0 Å². The third-order valence-corrected chi connectivity index (χ3v) is 6.63. The Balaban J connectivity index is 1.49. The van der Waals surface area contributed by atoms with Gasteiger partial charge in [-0.25, -0.2) is 9.78 Å². The molecule has 3 heterocycles. The smallest absolute Gasteiger partial charge is 0.407 e. The lowest BCUT2D eigenvalue weighted by Crippen LogP contribution is -2.42. The number of aromatic nitrogens is 3. The number of benzene rings is 1. The molecule has 184 valence electrons. The molecule has 1 aliphatic heterocycles. The van der Waals surface area contributed by atoms with Crippen LogP contribution < -0.4 is 10.0 Å². The Kier molecular flexibility index (Phi) is 7.26. The van der Waals surface area contributed by atoms with Gasteiger partial charge < -0.3 is 24.6 Å². The largest absolute Gasteiger partial charge is 0.618 e. The van der Waals surface area contributed by atoms with Gasteiger partial charge in [0.05, 0.1) is 10.9 Å². The fraction of sp³-hybridized carbons (Fsp3) is 0.577. The Morgan fingerprint density at radius 3 is 2.76 bits per heavy atom. The van der Waals surface area contributed by atoms with Gasteiger partial charge in [0.2, 0.25) is 11.7 Å². The number of alkyl carbamates (subject to hydrolysis) is 1. The van der Waals surface area contributed by atoms with Gasteiger partial charge in [0.15, 0.2) is 5.52 Å². The van der Waals surface area contributed by atoms with Crippen LogP contribution in [0.4, 0.5) is 4.79 Å². The fourth-order valence-corrected chi connectivity index (χ4v) is 4.73. The maximum atomic E-state index is 12.6. The van der Waals surface area contributed by atoms with Crippen molar-refractivity contribution in [3.05, 3.63) is 41.5 Å². The Hall–Kier alpha value is -2.87. The standard InChI is InChI=1S/C26H36N4O4/c1-5-23-28-20-17-30(32)21-10-7-6-9-19(21)24(20)29(23)14-8-11-22(26(2,3)4)34-25(31)27-18-12-15-33-16-13-18/h6-7,9-10,17-18,22H,5,8,11-16H2,1-4H3,(H,27,31). The van der Waals surface area contributed by atoms with Gasteiger partial charge in [-0.3, -0.25) is 0 Å². The lowest BCUT2D eigenvalue weighted by molar-refractivity contribution is -0.575. The first-order valence-electron chi connectivity index (χ1n) is 12.3. The van der Waals surface area contributed by atoms with E-state index in [0.717, 1.165) is 60.1 Å². The zero-order chi connectivity index (χ0) is 24.3. The monoisotopic (exact) mass is 468 g/mol. The first kappa shape index (κ1) is 24.3. The number of amides is 1. The number of ether oxygens (including phenoxy) is 2. The van der Waals surface area contributed by atoms with E-state index >= 15 is 0 Å². The van der Waals surface area contributed by atoms with Crippen molar-refractivity contribution >= 4 is 28.0 Å². The maximum Gasteiger partial charge on any atom is 0.407 e. The van der Waals surface area contributed by atoms with Crippen molar-refractivity contribution in [3.63, 3.8) is 0 Å². The summed E-state index contributed by atoms with van der Waals surface area (Å²) in [7, 11) is 0. The highest BCUT2D eigenvalue weighted by molar-refractivity contribution is 6.00. The van der Waals surface area contributed by atoms with Gasteiger partial charge in [-0.05, 0) is 37.2 Å². The molecule has 1 amide bonds. The van der Waals surface area contributed by atoms with Gasteiger partial charge in [-0.1, -0.05) is 39.8 Å². The zero-order valence-electron chi connectivity index (χ0n) is 20.7. The van der Waals surface area contributed by atoms with Crippen LogP contribution in [0.25, 0.3) is 21.9 Å². The number of hydrogen-bond donors (Lipinski definition) is 1. The summed E-state index contributed by atoms with van der Waals surface area (Å²) in [6.45, 7) is 10.5. The zero-order valence-corrected chi connectivity index (χ0v) is 20.7. The summed E-state index contributed by atoms with van der Waals surface area (Å²) in [6, 6.07) is 7.76. The van der Waals surface area contributed by atoms with Crippen molar-refractivity contribution in [3.8, 4) is 0 Å². The molecule has 8 nitrogen and oxygen atoms in total. The maximum absolute atomic E-state index is 12.6. The van der Waals surface area contributed by atoms with Crippen LogP contribution in [-0.2, 0) is 22.4 Å². The molecular weight excluding hydrogens is 432 g/mol. The molecule has 8 heteroatoms. The lowest BCUT2D eigenvalue weighted by Gasteiger charge is -2.31. The highest BCUT2D eigenvalue weighted by Crippen LogP contribution is 2.28. The molecule has 4 rings (SSSR count). The van der Waals surface area contributed by atoms with Crippen molar-refractivity contribution in [2.75, 3.05) is 13.2 Å². The molecule has 0 aliphatic carbocycles. The van der Waals surface area contributed by atoms with E-state index in [1.807, 2.05) is 24.3 Å². The second-order valence-electron chi connectivity index (χ2n) is 10.2. The quantitative estimate of drug-likeness (QED) is 0.408. The van der Waals surface area contributed by atoms with E-state index in [1.165, 1.54) is 0 Å². The van der Waals surface area contributed by atoms with Crippen molar-refractivity contribution < 1.29 is 19.0 Å². The molecule has 0 radical (unpaired) electrons. The predicted molar refractivity (Wildman–Crippen MR) is 132 cm³/mol. The number of para-hydroxylation sites is 1. The molecule has 1 unspecified atom stereocenters. The number of imidazole rings is 1. The molecule has 1 saturated heterocycles. The summed E-state index contributed by atoms with van der Waals surface area (Å²) in [5, 5.41) is 16.4. The molecule has 1 aliphatic rings. The average molecular weight is 469 g/mol. The van der Waals surface area contributed by atoms with E-state index in [-0.39, 0.29) is 23.7 Å². The van der Waals surface area contributed by atoms with E-state index in [0.29, 0.717) is 24.2 Å². The van der Waals surface area contributed by atoms with Crippen molar-refractivity contribution in [1.82, 2.24) is 14.9 Å². The van der Waals surface area contributed by atoms with Crippen LogP contribution in [0.15, 0.2) is 30.5 Å². The lowest BCUT2D eigenvalue weighted by atomic mass is 9.86. The van der Waals surface area contributed by atoms with Crippen molar-refractivity contribution in [1.29, 1.82) is 0 Å². The first-order valence-corrected chi connectivity index (χ1v) is 12.3. The predicted octanol–water partition coefficient (Wildman–Crippen LogP) is 4.49. The van der Waals surface area contributed by atoms with E-state index in [1.54, 1.807) is 6.20 Å². The number of fused-ring (bicyclic) bond motifs is 3. The fourth-order valence-electron chi connectivity index (χ4n) is 4.73. The minimum atomic E-state index is -0.347. The van der Waals surface area contributed by atoms with Crippen molar-refractivity contribution in [2.24, 2.45) is 5.41 Å². The number of rotatable bonds is 7. The third-order valence-electron chi connectivity index (χ3n) is 6.63. The SMILES string of the molecule is CCc1nc2c[n+]([O-])c3ccccc3c2n1CCCC(OC(=O)NC1CCOCC1)C(C)(C)C. The van der Waals surface area contributed by atoms with Gasteiger partial charge in [0.25, 0.3) is 0 Å². The summed E-state index contributed by atoms with van der Waals surface area (Å²) >= 11 is 0. The van der Waals surface area contributed by atoms with Crippen molar-refractivity contribution in [2.45, 2.75) is 78.5 Å². The number of aryl methyl sites for hydroxylation is 2. The van der Waals surface area contributed by atoms with E-state index in [2.05, 4.69) is 37.6 Å². The summed E-state index contributed by atoms with van der Waals surface area (Å²) in [5.74, 6) is 0.955. The minimum absolute atomic E-state index is 0.114. The second-order valence-corrected chi connectivity index (χ2v) is 10.2. The molecule has 1 fully saturated rings. The van der Waals surface area contributed by atoms with Crippen LogP contribution >= 0.6 is 0 Å². The van der Waals surface area contributed by atoms with Gasteiger partial charge in [0, 0.05) is 38.3 Å². The third kappa shape index (κ3) is 5.27. The molecular formula is C26H36N4O4. The van der Waals surface area contributed by atoms with E-state index in [9.17, 15) is 10.0 Å². The Bertz CT molecular complexity index is 1150. The van der Waals surface area contributed by atoms with E-state index < -0.39 is 0 Å². The van der Waals surface area contributed by atoms with Crippen LogP contribution in [0.3, 0.4) is 0 Å². The van der Waals surface area contributed by atoms with Crippen LogP contribution in [0.5, 0.6) is 0 Å². The van der Waals surface area contributed by atoms with Gasteiger partial charge >= 0.3 is 6.09 Å². The highest BCUT2D eigenvalue weighted by Gasteiger charge is 2.29. The summed E-state index contributed by atoms with van der Waals surface area (Å²) in [5.41, 5.74) is 2.16. The van der Waals surface area contributed by atoms with Gasteiger partial charge in [-0.15, -0.1) is 0 Å². The topological polar surface area (TPSA) is 92.3 Å². The summed E-state index contributed by atoms with van der Waals surface area (Å²) in [6.07, 6.45) is 4.97. The first-order chi connectivity index (χ1) is 16.3. The second kappa shape index (κ2) is 10.2. The average Bonchev–Trinajstić information content (AvgIpc) is 3.16. The molecule has 34 heavy (non-hydrogen) atoms. The Morgan fingerprint density at radius 1 is 1.32 bits per heavy atom. The molecule has 1 aromatic carbocycles. The number of pyridine rings is 1. The minimum Gasteiger partial charge on any atom is -0.618 e. The van der Waals surface area contributed by atoms with Crippen LogP contribution in [0.2, 0.25) is 0 Å². The summed E-state index contributed by atoms with van der Waals surface area (Å²) < 4.78 is 14.4. The van der Waals surface area contributed by atoms with E-state index in [4.69, 9.17) is 14.5 Å². The molecule has 1 N–H and O–H groups in total. The Labute approximate surface area is 200 Å². The molecule has 1 atom stereocenters. The molecule has 0 bridgehead atoms. The molecule has 0 saturated carbocycles. The highest BCUT2D eigenvalue weighted by atomic mass is 16.6. The number of carbonyl (C=O) groups is 1. The van der Waals surface area contributed by atoms with Crippen LogP contribution in [0.1, 0.15) is 59.2 Å². The van der Waals surface area contributed by atoms with Gasteiger partial charge in [0.1, 0.15) is 11.9 Å².